The number of morpholine rings is 1. The SMILES string of the molecule is CCN(CC)c1ccc(S(=O)(=O)N2CCOCC2)cc1NS(=O)(=O)c1ccc2ccccc2c1. The van der Waals surface area contributed by atoms with Crippen molar-refractivity contribution in [1.29, 1.82) is 0 Å². The van der Waals surface area contributed by atoms with Crippen LogP contribution in [0.5, 0.6) is 0 Å². The number of nitrogens with zero attached hydrogens (tertiary/aromatic N) is 2. The first-order chi connectivity index (χ1) is 16.3. The molecule has 1 aliphatic rings. The van der Waals surface area contributed by atoms with Crippen molar-refractivity contribution >= 4 is 42.2 Å². The van der Waals surface area contributed by atoms with Gasteiger partial charge in [-0.3, -0.25) is 4.72 Å². The molecule has 3 aromatic carbocycles. The number of hydrogen-bond donors (Lipinski definition) is 1. The van der Waals surface area contributed by atoms with Crippen molar-refractivity contribution < 1.29 is 21.6 Å². The third-order valence-electron chi connectivity index (χ3n) is 5.96. The Morgan fingerprint density at radius 2 is 1.50 bits per heavy atom. The molecule has 0 atom stereocenters. The van der Waals surface area contributed by atoms with Crippen LogP contribution in [0.15, 0.2) is 70.5 Å². The van der Waals surface area contributed by atoms with E-state index in [0.29, 0.717) is 32.0 Å². The molecule has 0 unspecified atom stereocenters. The summed E-state index contributed by atoms with van der Waals surface area (Å²) in [6.07, 6.45) is 0. The smallest absolute Gasteiger partial charge is 0.261 e. The molecule has 0 saturated carbocycles. The summed E-state index contributed by atoms with van der Waals surface area (Å²) in [6, 6.07) is 17.1. The minimum Gasteiger partial charge on any atom is -0.379 e. The molecule has 10 heteroatoms. The van der Waals surface area contributed by atoms with Crippen LogP contribution in [-0.2, 0) is 24.8 Å². The van der Waals surface area contributed by atoms with Crippen LogP contribution in [0.25, 0.3) is 10.8 Å². The monoisotopic (exact) mass is 503 g/mol. The second-order valence-corrected chi connectivity index (χ2v) is 11.6. The standard InChI is InChI=1S/C24H29N3O5S2/c1-3-26(4-2)24-12-11-22(34(30,31)27-13-15-32-16-14-27)18-23(24)25-33(28,29)21-10-9-19-7-5-6-8-20(19)17-21/h5-12,17-18,25H,3-4,13-16H2,1-2H3. The van der Waals surface area contributed by atoms with Gasteiger partial charge in [0.1, 0.15) is 0 Å². The summed E-state index contributed by atoms with van der Waals surface area (Å²) in [6.45, 7) is 6.38. The van der Waals surface area contributed by atoms with Crippen molar-refractivity contribution in [2.75, 3.05) is 49.0 Å². The maximum Gasteiger partial charge on any atom is 0.261 e. The van der Waals surface area contributed by atoms with E-state index in [2.05, 4.69) is 4.72 Å². The van der Waals surface area contributed by atoms with Crippen LogP contribution in [-0.4, -0.2) is 60.5 Å². The quantitative estimate of drug-likeness (QED) is 0.505. The number of ether oxygens (including phenoxy) is 1. The summed E-state index contributed by atoms with van der Waals surface area (Å²) in [5.41, 5.74) is 0.849. The first-order valence-electron chi connectivity index (χ1n) is 11.2. The Hall–Kier alpha value is -2.66. The summed E-state index contributed by atoms with van der Waals surface area (Å²) >= 11 is 0. The number of hydrogen-bond acceptors (Lipinski definition) is 6. The van der Waals surface area contributed by atoms with Gasteiger partial charge in [0.2, 0.25) is 10.0 Å². The van der Waals surface area contributed by atoms with Gasteiger partial charge in [0, 0.05) is 26.2 Å². The van der Waals surface area contributed by atoms with E-state index in [1.807, 2.05) is 43.0 Å². The average molecular weight is 504 g/mol. The normalized spacial score (nSPS) is 15.4. The summed E-state index contributed by atoms with van der Waals surface area (Å²) < 4.78 is 62.4. The van der Waals surface area contributed by atoms with Gasteiger partial charge < -0.3 is 9.64 Å². The lowest BCUT2D eigenvalue weighted by Gasteiger charge is -2.28. The van der Waals surface area contributed by atoms with Crippen LogP contribution in [0.1, 0.15) is 13.8 Å². The third-order valence-corrected chi connectivity index (χ3v) is 9.21. The first-order valence-corrected chi connectivity index (χ1v) is 14.2. The molecular formula is C24H29N3O5S2. The minimum atomic E-state index is -3.97. The van der Waals surface area contributed by atoms with E-state index >= 15 is 0 Å². The van der Waals surface area contributed by atoms with Gasteiger partial charge in [-0.05, 0) is 55.0 Å². The second kappa shape index (κ2) is 9.91. The summed E-state index contributed by atoms with van der Waals surface area (Å²) in [7, 11) is -7.76. The van der Waals surface area contributed by atoms with E-state index in [1.54, 1.807) is 24.3 Å². The Morgan fingerprint density at radius 3 is 2.18 bits per heavy atom. The van der Waals surface area contributed by atoms with Crippen molar-refractivity contribution in [2.45, 2.75) is 23.6 Å². The molecule has 1 heterocycles. The molecule has 3 aromatic rings. The Labute approximate surface area is 201 Å². The molecule has 0 aromatic heterocycles. The molecule has 1 saturated heterocycles. The van der Waals surface area contributed by atoms with Crippen molar-refractivity contribution in [3.8, 4) is 0 Å². The molecular weight excluding hydrogens is 474 g/mol. The molecule has 0 amide bonds. The molecule has 0 bridgehead atoms. The lowest BCUT2D eigenvalue weighted by molar-refractivity contribution is 0.0730. The molecule has 182 valence electrons. The van der Waals surface area contributed by atoms with Gasteiger partial charge in [0.15, 0.2) is 0 Å². The fraction of sp³-hybridized carbons (Fsp3) is 0.333. The molecule has 0 radical (unpaired) electrons. The maximum atomic E-state index is 13.4. The molecule has 1 N–H and O–H groups in total. The van der Waals surface area contributed by atoms with E-state index in [-0.39, 0.29) is 28.6 Å². The van der Waals surface area contributed by atoms with Crippen molar-refractivity contribution in [2.24, 2.45) is 0 Å². The van der Waals surface area contributed by atoms with E-state index in [9.17, 15) is 16.8 Å². The molecule has 8 nitrogen and oxygen atoms in total. The number of anilines is 2. The van der Waals surface area contributed by atoms with Crippen LogP contribution in [0, 0.1) is 0 Å². The highest BCUT2D eigenvalue weighted by Gasteiger charge is 2.28. The number of rotatable bonds is 8. The Morgan fingerprint density at radius 1 is 0.853 bits per heavy atom. The molecule has 34 heavy (non-hydrogen) atoms. The van der Waals surface area contributed by atoms with Gasteiger partial charge in [-0.25, -0.2) is 16.8 Å². The van der Waals surface area contributed by atoms with Gasteiger partial charge in [-0.1, -0.05) is 30.3 Å². The molecule has 1 fully saturated rings. The lowest BCUT2D eigenvalue weighted by Crippen LogP contribution is -2.40. The number of benzene rings is 3. The van der Waals surface area contributed by atoms with Crippen LogP contribution in [0.3, 0.4) is 0 Å². The Balaban J connectivity index is 1.76. The Kier molecular flexibility index (Phi) is 7.13. The minimum absolute atomic E-state index is 0.0431. The van der Waals surface area contributed by atoms with Gasteiger partial charge in [0.05, 0.1) is 34.4 Å². The highest BCUT2D eigenvalue weighted by Crippen LogP contribution is 2.32. The first kappa shape index (κ1) is 24.5. The number of fused-ring (bicyclic) bond motifs is 1. The van der Waals surface area contributed by atoms with Crippen LogP contribution in [0.4, 0.5) is 11.4 Å². The van der Waals surface area contributed by atoms with Gasteiger partial charge in [0.25, 0.3) is 10.0 Å². The van der Waals surface area contributed by atoms with Crippen molar-refractivity contribution in [3.63, 3.8) is 0 Å². The highest BCUT2D eigenvalue weighted by molar-refractivity contribution is 7.92. The Bertz CT molecular complexity index is 1380. The predicted molar refractivity (Wildman–Crippen MR) is 134 cm³/mol. The summed E-state index contributed by atoms with van der Waals surface area (Å²) in [4.78, 5) is 2.13. The highest BCUT2D eigenvalue weighted by atomic mass is 32.2. The lowest BCUT2D eigenvalue weighted by atomic mass is 10.1. The fourth-order valence-corrected chi connectivity index (χ4v) is 6.61. The fourth-order valence-electron chi connectivity index (χ4n) is 4.07. The molecule has 1 aliphatic heterocycles. The topological polar surface area (TPSA) is 96.0 Å². The summed E-state index contributed by atoms with van der Waals surface area (Å²) in [5.74, 6) is 0. The number of sulfonamides is 2. The van der Waals surface area contributed by atoms with Crippen molar-refractivity contribution in [3.05, 3.63) is 60.7 Å². The van der Waals surface area contributed by atoms with Gasteiger partial charge in [-0.2, -0.15) is 4.31 Å². The second-order valence-electron chi connectivity index (χ2n) is 7.98. The predicted octanol–water partition coefficient (Wildman–Crippen LogP) is 3.51. The van der Waals surface area contributed by atoms with E-state index in [0.717, 1.165) is 10.8 Å². The van der Waals surface area contributed by atoms with Gasteiger partial charge in [-0.15, -0.1) is 0 Å². The van der Waals surface area contributed by atoms with Crippen LogP contribution >= 0.6 is 0 Å². The average Bonchev–Trinajstić information content (AvgIpc) is 2.85. The third kappa shape index (κ3) is 4.90. The molecule has 0 spiro atoms. The zero-order valence-corrected chi connectivity index (χ0v) is 20.9. The molecule has 4 rings (SSSR count). The summed E-state index contributed by atoms with van der Waals surface area (Å²) in [5, 5.41) is 1.74. The van der Waals surface area contributed by atoms with E-state index in [1.165, 1.54) is 16.4 Å². The maximum absolute atomic E-state index is 13.4. The van der Waals surface area contributed by atoms with Crippen LogP contribution < -0.4 is 9.62 Å². The van der Waals surface area contributed by atoms with Crippen molar-refractivity contribution in [1.82, 2.24) is 4.31 Å². The van der Waals surface area contributed by atoms with E-state index in [4.69, 9.17) is 4.74 Å². The zero-order chi connectivity index (χ0) is 24.3. The van der Waals surface area contributed by atoms with Gasteiger partial charge >= 0.3 is 0 Å². The number of nitrogens with one attached hydrogen (secondary N) is 1. The molecule has 0 aliphatic carbocycles. The largest absolute Gasteiger partial charge is 0.379 e. The van der Waals surface area contributed by atoms with Crippen LogP contribution in [0.2, 0.25) is 0 Å². The zero-order valence-electron chi connectivity index (χ0n) is 19.3. The van der Waals surface area contributed by atoms with E-state index < -0.39 is 20.0 Å².